The summed E-state index contributed by atoms with van der Waals surface area (Å²) in [4.78, 5) is 11.3. The standard InChI is InChI=1S/C11H11NO2S/c1-2-8-7(6-12)3-4-10(15)9(8)5-11(13)14/h3-4,15H,2,5H2,1H3,(H,13,14). The summed E-state index contributed by atoms with van der Waals surface area (Å²) < 4.78 is 0. The highest BCUT2D eigenvalue weighted by Crippen LogP contribution is 2.23. The van der Waals surface area contributed by atoms with Crippen molar-refractivity contribution in [3.05, 3.63) is 28.8 Å². The molecule has 3 nitrogen and oxygen atoms in total. The van der Waals surface area contributed by atoms with Crippen molar-refractivity contribution in [3.8, 4) is 6.07 Å². The minimum atomic E-state index is -0.907. The van der Waals surface area contributed by atoms with Gasteiger partial charge in [0.15, 0.2) is 0 Å². The zero-order chi connectivity index (χ0) is 11.4. The third-order valence-corrected chi connectivity index (χ3v) is 2.63. The molecule has 0 saturated heterocycles. The van der Waals surface area contributed by atoms with Crippen molar-refractivity contribution in [2.45, 2.75) is 24.7 Å². The molecule has 0 fully saturated rings. The van der Waals surface area contributed by atoms with Crippen LogP contribution in [-0.2, 0) is 17.6 Å². The second-order valence-corrected chi connectivity index (χ2v) is 3.61. The Balaban J connectivity index is 3.33. The van der Waals surface area contributed by atoms with Crippen LogP contribution in [0, 0.1) is 11.3 Å². The Morgan fingerprint density at radius 2 is 2.20 bits per heavy atom. The van der Waals surface area contributed by atoms with Crippen LogP contribution in [0.1, 0.15) is 23.6 Å². The molecule has 0 aromatic heterocycles. The molecule has 4 heteroatoms. The van der Waals surface area contributed by atoms with E-state index in [0.29, 0.717) is 22.4 Å². The largest absolute Gasteiger partial charge is 0.481 e. The number of rotatable bonds is 3. The molecule has 1 rings (SSSR count). The van der Waals surface area contributed by atoms with Gasteiger partial charge in [0, 0.05) is 4.90 Å². The highest BCUT2D eigenvalue weighted by atomic mass is 32.1. The zero-order valence-corrected chi connectivity index (χ0v) is 9.21. The van der Waals surface area contributed by atoms with E-state index in [4.69, 9.17) is 10.4 Å². The Morgan fingerprint density at radius 3 is 2.67 bits per heavy atom. The van der Waals surface area contributed by atoms with Gasteiger partial charge >= 0.3 is 5.97 Å². The van der Waals surface area contributed by atoms with E-state index in [0.717, 1.165) is 5.56 Å². The van der Waals surface area contributed by atoms with Gasteiger partial charge in [0.25, 0.3) is 0 Å². The Bertz CT molecular complexity index is 435. The quantitative estimate of drug-likeness (QED) is 0.768. The van der Waals surface area contributed by atoms with Crippen LogP contribution in [0.15, 0.2) is 17.0 Å². The summed E-state index contributed by atoms with van der Waals surface area (Å²) in [6.07, 6.45) is 0.553. The SMILES string of the molecule is CCc1c(C#N)ccc(S)c1CC(=O)O. The maximum atomic E-state index is 10.7. The molecule has 0 amide bonds. The van der Waals surface area contributed by atoms with Gasteiger partial charge in [0.05, 0.1) is 18.1 Å². The van der Waals surface area contributed by atoms with Gasteiger partial charge in [-0.05, 0) is 29.7 Å². The van der Waals surface area contributed by atoms with Gasteiger partial charge in [0.1, 0.15) is 0 Å². The van der Waals surface area contributed by atoms with E-state index in [1.807, 2.05) is 6.92 Å². The maximum absolute atomic E-state index is 10.7. The summed E-state index contributed by atoms with van der Waals surface area (Å²) in [7, 11) is 0. The monoisotopic (exact) mass is 221 g/mol. The fourth-order valence-corrected chi connectivity index (χ4v) is 1.83. The van der Waals surface area contributed by atoms with Crippen molar-refractivity contribution in [3.63, 3.8) is 0 Å². The molecule has 0 atom stereocenters. The van der Waals surface area contributed by atoms with Crippen LogP contribution in [0.25, 0.3) is 0 Å². The number of carbonyl (C=O) groups is 1. The molecule has 0 bridgehead atoms. The zero-order valence-electron chi connectivity index (χ0n) is 8.32. The molecular formula is C11H11NO2S. The second kappa shape index (κ2) is 4.85. The molecule has 1 N–H and O–H groups in total. The summed E-state index contributed by atoms with van der Waals surface area (Å²) >= 11 is 4.21. The predicted molar refractivity (Wildman–Crippen MR) is 59.1 cm³/mol. The lowest BCUT2D eigenvalue weighted by Gasteiger charge is -2.10. The summed E-state index contributed by atoms with van der Waals surface area (Å²) in [6, 6.07) is 5.40. The van der Waals surface area contributed by atoms with Gasteiger partial charge in [0.2, 0.25) is 0 Å². The predicted octanol–water partition coefficient (Wildman–Crippen LogP) is 2.04. The second-order valence-electron chi connectivity index (χ2n) is 3.13. The summed E-state index contributed by atoms with van der Waals surface area (Å²) in [5.41, 5.74) is 1.96. The molecule has 0 saturated carbocycles. The van der Waals surface area contributed by atoms with Gasteiger partial charge in [-0.1, -0.05) is 6.92 Å². The average molecular weight is 221 g/mol. The lowest BCUT2D eigenvalue weighted by Crippen LogP contribution is -2.06. The first-order chi connectivity index (χ1) is 7.10. The van der Waals surface area contributed by atoms with Crippen LogP contribution in [-0.4, -0.2) is 11.1 Å². The normalized spacial score (nSPS) is 9.67. The first-order valence-electron chi connectivity index (χ1n) is 4.55. The Morgan fingerprint density at radius 1 is 1.53 bits per heavy atom. The number of aliphatic carboxylic acids is 1. The molecule has 0 unspecified atom stereocenters. The number of nitrogens with zero attached hydrogens (tertiary/aromatic N) is 1. The fourth-order valence-electron chi connectivity index (χ4n) is 1.54. The number of carboxylic acids is 1. The molecule has 0 aliphatic carbocycles. The summed E-state index contributed by atoms with van der Waals surface area (Å²) in [5, 5.41) is 17.6. The first kappa shape index (κ1) is 11.6. The van der Waals surface area contributed by atoms with Crippen molar-refractivity contribution in [1.82, 2.24) is 0 Å². The van der Waals surface area contributed by atoms with Crippen molar-refractivity contribution in [2.75, 3.05) is 0 Å². The van der Waals surface area contributed by atoms with E-state index in [-0.39, 0.29) is 6.42 Å². The molecule has 0 heterocycles. The number of hydrogen-bond acceptors (Lipinski definition) is 3. The lowest BCUT2D eigenvalue weighted by molar-refractivity contribution is -0.136. The number of thiol groups is 1. The van der Waals surface area contributed by atoms with Crippen LogP contribution in [0.5, 0.6) is 0 Å². The van der Waals surface area contributed by atoms with Crippen LogP contribution in [0.2, 0.25) is 0 Å². The first-order valence-corrected chi connectivity index (χ1v) is 5.00. The van der Waals surface area contributed by atoms with Crippen molar-refractivity contribution >= 4 is 18.6 Å². The van der Waals surface area contributed by atoms with Gasteiger partial charge in [-0.15, -0.1) is 12.6 Å². The number of benzene rings is 1. The van der Waals surface area contributed by atoms with Crippen LogP contribution in [0.4, 0.5) is 0 Å². The molecule has 1 aromatic rings. The fraction of sp³-hybridized carbons (Fsp3) is 0.273. The molecule has 0 radical (unpaired) electrons. The molecule has 0 spiro atoms. The Kier molecular flexibility index (Phi) is 3.75. The summed E-state index contributed by atoms with van der Waals surface area (Å²) in [5.74, 6) is -0.907. The number of hydrogen-bond donors (Lipinski definition) is 2. The van der Waals surface area contributed by atoms with Gasteiger partial charge in [-0.3, -0.25) is 4.79 Å². The van der Waals surface area contributed by atoms with E-state index in [1.165, 1.54) is 0 Å². The van der Waals surface area contributed by atoms with Gasteiger partial charge < -0.3 is 5.11 Å². The molecule has 0 aliphatic rings. The maximum Gasteiger partial charge on any atom is 0.307 e. The number of carboxylic acid groups (broad SMARTS) is 1. The lowest BCUT2D eigenvalue weighted by atomic mass is 9.97. The van der Waals surface area contributed by atoms with E-state index in [9.17, 15) is 4.79 Å². The molecule has 78 valence electrons. The van der Waals surface area contributed by atoms with Crippen LogP contribution in [0.3, 0.4) is 0 Å². The highest BCUT2D eigenvalue weighted by molar-refractivity contribution is 7.80. The topological polar surface area (TPSA) is 61.1 Å². The molecule has 1 aromatic carbocycles. The Labute approximate surface area is 93.8 Å². The third kappa shape index (κ3) is 2.51. The van der Waals surface area contributed by atoms with Crippen LogP contribution < -0.4 is 0 Å². The smallest absolute Gasteiger partial charge is 0.307 e. The van der Waals surface area contributed by atoms with E-state index < -0.39 is 5.97 Å². The average Bonchev–Trinajstić information content (AvgIpc) is 2.20. The van der Waals surface area contributed by atoms with Gasteiger partial charge in [-0.25, -0.2) is 0 Å². The van der Waals surface area contributed by atoms with Crippen LogP contribution >= 0.6 is 12.6 Å². The summed E-state index contributed by atoms with van der Waals surface area (Å²) in [6.45, 7) is 1.90. The molecule has 0 aliphatic heterocycles. The molecular weight excluding hydrogens is 210 g/mol. The van der Waals surface area contributed by atoms with E-state index in [2.05, 4.69) is 18.7 Å². The molecule has 15 heavy (non-hydrogen) atoms. The van der Waals surface area contributed by atoms with Crippen molar-refractivity contribution in [1.29, 1.82) is 5.26 Å². The Hall–Kier alpha value is -1.47. The minimum Gasteiger partial charge on any atom is -0.481 e. The van der Waals surface area contributed by atoms with Crippen molar-refractivity contribution in [2.24, 2.45) is 0 Å². The highest BCUT2D eigenvalue weighted by Gasteiger charge is 2.12. The van der Waals surface area contributed by atoms with Crippen molar-refractivity contribution < 1.29 is 9.90 Å². The number of nitriles is 1. The van der Waals surface area contributed by atoms with E-state index >= 15 is 0 Å². The van der Waals surface area contributed by atoms with E-state index in [1.54, 1.807) is 12.1 Å². The minimum absolute atomic E-state index is 0.0858. The third-order valence-electron chi connectivity index (χ3n) is 2.21. The van der Waals surface area contributed by atoms with Gasteiger partial charge in [-0.2, -0.15) is 5.26 Å².